The fourth-order valence-electron chi connectivity index (χ4n) is 3.75. The van der Waals surface area contributed by atoms with E-state index in [0.29, 0.717) is 12.0 Å². The van der Waals surface area contributed by atoms with Gasteiger partial charge in [0.1, 0.15) is 0 Å². The van der Waals surface area contributed by atoms with Gasteiger partial charge in [-0.2, -0.15) is 0 Å². The van der Waals surface area contributed by atoms with Gasteiger partial charge >= 0.3 is 0 Å². The zero-order valence-electron chi connectivity index (χ0n) is 14.2. The van der Waals surface area contributed by atoms with E-state index in [0.717, 1.165) is 19.3 Å². The normalized spacial score (nSPS) is 34.0. The molecule has 20 heavy (non-hydrogen) atoms. The van der Waals surface area contributed by atoms with E-state index < -0.39 is 0 Å². The SMILES string of the molecule is CC1(C)CCC(CN)(OC2CC(C)(C)OC2(C)C)CC1. The molecule has 1 aliphatic heterocycles. The van der Waals surface area contributed by atoms with Crippen LogP contribution in [0.5, 0.6) is 0 Å². The highest BCUT2D eigenvalue weighted by Gasteiger charge is 2.50. The number of hydrogen-bond donors (Lipinski definition) is 1. The Hall–Kier alpha value is -0.120. The molecule has 1 atom stereocenters. The van der Waals surface area contributed by atoms with Gasteiger partial charge in [0, 0.05) is 13.0 Å². The van der Waals surface area contributed by atoms with Crippen LogP contribution >= 0.6 is 0 Å². The minimum atomic E-state index is -0.224. The van der Waals surface area contributed by atoms with Gasteiger partial charge in [-0.25, -0.2) is 0 Å². The van der Waals surface area contributed by atoms with Gasteiger partial charge in [0.15, 0.2) is 0 Å². The predicted molar refractivity (Wildman–Crippen MR) is 82.8 cm³/mol. The number of nitrogens with two attached hydrogens (primary N) is 1. The van der Waals surface area contributed by atoms with Gasteiger partial charge in [0.05, 0.1) is 22.9 Å². The fourth-order valence-corrected chi connectivity index (χ4v) is 3.75. The first kappa shape index (κ1) is 16.3. The van der Waals surface area contributed by atoms with Crippen molar-refractivity contribution in [2.45, 2.75) is 96.6 Å². The molecule has 2 fully saturated rings. The van der Waals surface area contributed by atoms with Crippen molar-refractivity contribution in [1.29, 1.82) is 0 Å². The molecule has 1 saturated heterocycles. The second kappa shape index (κ2) is 4.96. The van der Waals surface area contributed by atoms with E-state index in [4.69, 9.17) is 15.2 Å². The first-order valence-corrected chi connectivity index (χ1v) is 8.07. The Balaban J connectivity index is 2.08. The van der Waals surface area contributed by atoms with E-state index in [-0.39, 0.29) is 22.9 Å². The van der Waals surface area contributed by atoms with Crippen LogP contribution in [0.1, 0.15) is 73.6 Å². The van der Waals surface area contributed by atoms with Crippen LogP contribution < -0.4 is 5.73 Å². The summed E-state index contributed by atoms with van der Waals surface area (Å²) in [5.41, 5.74) is 6.07. The second-order valence-electron chi connectivity index (χ2n) is 8.83. The smallest absolute Gasteiger partial charge is 0.0895 e. The zero-order valence-corrected chi connectivity index (χ0v) is 14.2. The molecular weight excluding hydrogens is 250 g/mol. The highest BCUT2D eigenvalue weighted by molar-refractivity contribution is 4.99. The molecule has 0 bridgehead atoms. The first-order valence-electron chi connectivity index (χ1n) is 8.07. The molecule has 1 aliphatic carbocycles. The maximum absolute atomic E-state index is 6.58. The van der Waals surface area contributed by atoms with Crippen LogP contribution in [0.3, 0.4) is 0 Å². The van der Waals surface area contributed by atoms with Crippen molar-refractivity contribution in [3.8, 4) is 0 Å². The molecule has 3 nitrogen and oxygen atoms in total. The summed E-state index contributed by atoms with van der Waals surface area (Å²) in [7, 11) is 0. The third-order valence-corrected chi connectivity index (χ3v) is 5.27. The van der Waals surface area contributed by atoms with E-state index in [1.165, 1.54) is 12.8 Å². The molecule has 2 aliphatic rings. The molecule has 0 radical (unpaired) electrons. The van der Waals surface area contributed by atoms with Gasteiger partial charge in [0.2, 0.25) is 0 Å². The minimum Gasteiger partial charge on any atom is -0.367 e. The average molecular weight is 283 g/mol. The summed E-state index contributed by atoms with van der Waals surface area (Å²) in [6.45, 7) is 13.9. The summed E-state index contributed by atoms with van der Waals surface area (Å²) in [4.78, 5) is 0. The Bertz CT molecular complexity index is 350. The van der Waals surface area contributed by atoms with Crippen LogP contribution in [0.4, 0.5) is 0 Å². The summed E-state index contributed by atoms with van der Waals surface area (Å²) in [5.74, 6) is 0. The molecule has 0 aromatic heterocycles. The average Bonchev–Trinajstić information content (AvgIpc) is 2.50. The number of hydrogen-bond acceptors (Lipinski definition) is 3. The molecule has 1 saturated carbocycles. The Morgan fingerprint density at radius 2 is 1.55 bits per heavy atom. The van der Waals surface area contributed by atoms with E-state index >= 15 is 0 Å². The van der Waals surface area contributed by atoms with Crippen molar-refractivity contribution in [2.75, 3.05) is 6.54 Å². The fraction of sp³-hybridized carbons (Fsp3) is 1.00. The lowest BCUT2D eigenvalue weighted by atomic mass is 9.70. The standard InChI is InChI=1S/C17H33NO2/c1-14(2)7-9-17(12-18,10-8-14)19-13-11-15(3,4)20-16(13,5)6/h13H,7-12,18H2,1-6H3. The van der Waals surface area contributed by atoms with Crippen LogP contribution in [-0.2, 0) is 9.47 Å². The molecule has 3 heteroatoms. The van der Waals surface area contributed by atoms with Crippen molar-refractivity contribution in [3.63, 3.8) is 0 Å². The monoisotopic (exact) mass is 283 g/mol. The molecule has 0 aromatic rings. The molecule has 2 N–H and O–H groups in total. The van der Waals surface area contributed by atoms with Crippen LogP contribution in [-0.4, -0.2) is 29.5 Å². The molecule has 2 rings (SSSR count). The quantitative estimate of drug-likeness (QED) is 0.860. The Morgan fingerprint density at radius 1 is 1.00 bits per heavy atom. The molecule has 0 spiro atoms. The molecule has 1 unspecified atom stereocenters. The number of rotatable bonds is 3. The van der Waals surface area contributed by atoms with Crippen LogP contribution in [0.25, 0.3) is 0 Å². The summed E-state index contributed by atoms with van der Waals surface area (Å²) in [6.07, 6.45) is 5.63. The Kier molecular flexibility index (Phi) is 4.03. The summed E-state index contributed by atoms with van der Waals surface area (Å²) in [5, 5.41) is 0. The van der Waals surface area contributed by atoms with Gasteiger partial charge in [-0.05, 0) is 58.8 Å². The summed E-state index contributed by atoms with van der Waals surface area (Å²) < 4.78 is 12.7. The van der Waals surface area contributed by atoms with Crippen molar-refractivity contribution in [3.05, 3.63) is 0 Å². The van der Waals surface area contributed by atoms with Crippen molar-refractivity contribution in [1.82, 2.24) is 0 Å². The maximum Gasteiger partial charge on any atom is 0.0895 e. The Labute approximate surface area is 124 Å². The molecule has 0 amide bonds. The highest BCUT2D eigenvalue weighted by atomic mass is 16.6. The van der Waals surface area contributed by atoms with E-state index in [9.17, 15) is 0 Å². The van der Waals surface area contributed by atoms with Gasteiger partial charge in [-0.15, -0.1) is 0 Å². The maximum atomic E-state index is 6.58. The lowest BCUT2D eigenvalue weighted by molar-refractivity contribution is -0.165. The van der Waals surface area contributed by atoms with Crippen LogP contribution in [0, 0.1) is 5.41 Å². The molecular formula is C17H33NO2. The minimum absolute atomic E-state index is 0.0993. The third-order valence-electron chi connectivity index (χ3n) is 5.27. The summed E-state index contributed by atoms with van der Waals surface area (Å²) >= 11 is 0. The molecule has 0 aromatic carbocycles. The van der Waals surface area contributed by atoms with E-state index in [1.54, 1.807) is 0 Å². The lowest BCUT2D eigenvalue weighted by Crippen LogP contribution is -2.50. The second-order valence-corrected chi connectivity index (χ2v) is 8.83. The van der Waals surface area contributed by atoms with Gasteiger partial charge in [0.25, 0.3) is 0 Å². The van der Waals surface area contributed by atoms with Crippen LogP contribution in [0.15, 0.2) is 0 Å². The molecule has 1 heterocycles. The third kappa shape index (κ3) is 3.37. The molecule has 118 valence electrons. The number of ether oxygens (including phenoxy) is 2. The topological polar surface area (TPSA) is 44.5 Å². The van der Waals surface area contributed by atoms with Crippen LogP contribution in [0.2, 0.25) is 0 Å². The first-order chi connectivity index (χ1) is 8.99. The van der Waals surface area contributed by atoms with Gasteiger partial charge < -0.3 is 15.2 Å². The van der Waals surface area contributed by atoms with E-state index in [1.807, 2.05) is 0 Å². The largest absolute Gasteiger partial charge is 0.367 e. The Morgan fingerprint density at radius 3 is 1.95 bits per heavy atom. The summed E-state index contributed by atoms with van der Waals surface area (Å²) in [6, 6.07) is 0. The van der Waals surface area contributed by atoms with Crippen molar-refractivity contribution in [2.24, 2.45) is 11.1 Å². The zero-order chi connectivity index (χ0) is 15.2. The van der Waals surface area contributed by atoms with E-state index in [2.05, 4.69) is 41.5 Å². The highest BCUT2D eigenvalue weighted by Crippen LogP contribution is 2.46. The van der Waals surface area contributed by atoms with Gasteiger partial charge in [-0.3, -0.25) is 0 Å². The predicted octanol–water partition coefficient (Wildman–Crippen LogP) is 3.65. The van der Waals surface area contributed by atoms with Crippen molar-refractivity contribution < 1.29 is 9.47 Å². The lowest BCUT2D eigenvalue weighted by Gasteiger charge is -2.45. The van der Waals surface area contributed by atoms with Gasteiger partial charge in [-0.1, -0.05) is 13.8 Å². The van der Waals surface area contributed by atoms with Crippen molar-refractivity contribution >= 4 is 0 Å².